The van der Waals surface area contributed by atoms with Gasteiger partial charge in [0.25, 0.3) is 0 Å². The molecule has 2 nitrogen and oxygen atoms in total. The van der Waals surface area contributed by atoms with Crippen molar-refractivity contribution in [2.24, 2.45) is 11.3 Å². The molecule has 0 rings (SSSR count). The fourth-order valence-corrected chi connectivity index (χ4v) is 1.59. The lowest BCUT2D eigenvalue weighted by atomic mass is 9.76. The second-order valence-corrected chi connectivity index (χ2v) is 4.77. The van der Waals surface area contributed by atoms with Crippen molar-refractivity contribution < 1.29 is 11.0 Å². The van der Waals surface area contributed by atoms with Crippen LogP contribution in [0.4, 0.5) is 0 Å². The third-order valence-corrected chi connectivity index (χ3v) is 2.32. The van der Waals surface area contributed by atoms with E-state index in [2.05, 4.69) is 0 Å². The largest absolute Gasteiger partial charge is 0.300 e. The first-order valence-electron chi connectivity index (χ1n) is 4.75. The molecule has 0 fully saturated rings. The van der Waals surface area contributed by atoms with Gasteiger partial charge in [-0.3, -0.25) is 4.79 Å². The molecule has 0 aliphatic rings. The minimum atomic E-state index is -0.0265. The van der Waals surface area contributed by atoms with E-state index >= 15 is 0 Å². The lowest BCUT2D eigenvalue weighted by Crippen LogP contribution is -2.27. The summed E-state index contributed by atoms with van der Waals surface area (Å²) >= 11 is 0. The molecule has 0 aliphatic carbocycles. The van der Waals surface area contributed by atoms with Gasteiger partial charge in [-0.05, 0) is 25.7 Å². The summed E-state index contributed by atoms with van der Waals surface area (Å²) in [6.07, 6.45) is 1.20. The molecule has 78 valence electrons. The van der Waals surface area contributed by atoms with Gasteiger partial charge in [-0.2, -0.15) is 0 Å². The van der Waals surface area contributed by atoms with E-state index in [4.69, 9.17) is 0 Å². The molecule has 0 aromatic carbocycles. The van der Waals surface area contributed by atoms with E-state index in [0.717, 1.165) is 0 Å². The van der Waals surface area contributed by atoms with Crippen molar-refractivity contribution in [2.75, 3.05) is 0 Å². The first-order valence-corrected chi connectivity index (χ1v) is 4.75. The van der Waals surface area contributed by atoms with Crippen LogP contribution >= 0.6 is 0 Å². The Hall–Kier alpha value is -0.660. The van der Waals surface area contributed by atoms with Crippen molar-refractivity contribution in [1.29, 1.82) is 0 Å². The first kappa shape index (κ1) is 12.3. The quantitative estimate of drug-likeness (QED) is 0.676. The highest BCUT2D eigenvalue weighted by molar-refractivity contribution is 5.80. The Bertz CT molecular complexity index is 204. The van der Waals surface area contributed by atoms with Crippen molar-refractivity contribution in [3.8, 4) is 0 Å². The Labute approximate surface area is 82.2 Å². The van der Waals surface area contributed by atoms with Gasteiger partial charge in [-0.25, -0.2) is 0 Å². The summed E-state index contributed by atoms with van der Waals surface area (Å²) in [4.78, 5) is 22.1. The van der Waals surface area contributed by atoms with Crippen molar-refractivity contribution in [2.45, 2.75) is 47.5 Å². The van der Waals surface area contributed by atoms with Crippen LogP contribution in [-0.4, -0.2) is 11.6 Å². The zero-order valence-electron chi connectivity index (χ0n) is 9.31. The summed E-state index contributed by atoms with van der Waals surface area (Å²) in [5.74, 6) is 0.362. The standard InChI is InChI=1S/C11H20O2.H2/c1-8(12)6-7-10(9(2)13)11(3,4)5;/h10H,6-7H2,1-5H3;1H/t10-;/m1./s1. The Kier molecular flexibility index (Phi) is 4.31. The van der Waals surface area contributed by atoms with Crippen LogP contribution in [0.15, 0.2) is 0 Å². The molecule has 0 aromatic rings. The third kappa shape index (κ3) is 4.81. The highest BCUT2D eigenvalue weighted by Crippen LogP contribution is 2.30. The molecular formula is C11H22O2. The average Bonchev–Trinajstić information content (AvgIpc) is 1.81. The summed E-state index contributed by atoms with van der Waals surface area (Å²) in [6.45, 7) is 9.30. The molecule has 0 bridgehead atoms. The van der Waals surface area contributed by atoms with Crippen LogP contribution in [0.5, 0.6) is 0 Å². The summed E-state index contributed by atoms with van der Waals surface area (Å²) in [6, 6.07) is 0. The van der Waals surface area contributed by atoms with Gasteiger partial charge in [0.1, 0.15) is 11.6 Å². The highest BCUT2D eigenvalue weighted by Gasteiger charge is 2.28. The van der Waals surface area contributed by atoms with Gasteiger partial charge in [0.05, 0.1) is 0 Å². The molecule has 0 aliphatic heterocycles. The highest BCUT2D eigenvalue weighted by atomic mass is 16.1. The molecule has 0 amide bonds. The topological polar surface area (TPSA) is 34.1 Å². The number of hydrogen-bond acceptors (Lipinski definition) is 2. The predicted octanol–water partition coefficient (Wildman–Crippen LogP) is 2.85. The van der Waals surface area contributed by atoms with Crippen LogP contribution in [0.1, 0.15) is 48.9 Å². The summed E-state index contributed by atoms with van der Waals surface area (Å²) in [5.41, 5.74) is -0.0265. The van der Waals surface area contributed by atoms with Crippen molar-refractivity contribution in [3.63, 3.8) is 0 Å². The first-order chi connectivity index (χ1) is 5.75. The smallest absolute Gasteiger partial charge is 0.133 e. The molecular weight excluding hydrogens is 164 g/mol. The number of hydrogen-bond donors (Lipinski definition) is 0. The van der Waals surface area contributed by atoms with Crippen LogP contribution in [0, 0.1) is 11.3 Å². The van der Waals surface area contributed by atoms with Gasteiger partial charge in [0.15, 0.2) is 0 Å². The molecule has 0 saturated carbocycles. The minimum absolute atomic E-state index is 0. The summed E-state index contributed by atoms with van der Waals surface area (Å²) in [7, 11) is 0. The van der Waals surface area contributed by atoms with Crippen molar-refractivity contribution in [3.05, 3.63) is 0 Å². The van der Waals surface area contributed by atoms with E-state index in [0.29, 0.717) is 12.8 Å². The SMILES string of the molecule is CC(=O)CC[C@H](C(C)=O)C(C)(C)C.[HH]. The number of Topliss-reactive ketones (excluding diaryl/α,β-unsaturated/α-hetero) is 2. The van der Waals surface area contributed by atoms with Gasteiger partial charge in [0, 0.05) is 13.8 Å². The molecule has 0 radical (unpaired) electrons. The van der Waals surface area contributed by atoms with E-state index < -0.39 is 0 Å². The number of carbonyl (C=O) groups excluding carboxylic acids is 2. The fraction of sp³-hybridized carbons (Fsp3) is 0.818. The summed E-state index contributed by atoms with van der Waals surface area (Å²) < 4.78 is 0. The van der Waals surface area contributed by atoms with Crippen LogP contribution in [-0.2, 0) is 9.59 Å². The molecule has 0 unspecified atom stereocenters. The van der Waals surface area contributed by atoms with E-state index in [1.54, 1.807) is 13.8 Å². The summed E-state index contributed by atoms with van der Waals surface area (Å²) in [5, 5.41) is 0. The average molecular weight is 186 g/mol. The maximum absolute atomic E-state index is 11.3. The zero-order valence-corrected chi connectivity index (χ0v) is 9.31. The third-order valence-electron chi connectivity index (χ3n) is 2.32. The van der Waals surface area contributed by atoms with Gasteiger partial charge >= 0.3 is 0 Å². The Morgan fingerprint density at radius 3 is 1.92 bits per heavy atom. The van der Waals surface area contributed by atoms with E-state index in [9.17, 15) is 9.59 Å². The van der Waals surface area contributed by atoms with Crippen LogP contribution in [0.2, 0.25) is 0 Å². The maximum Gasteiger partial charge on any atom is 0.133 e. The maximum atomic E-state index is 11.3. The zero-order chi connectivity index (χ0) is 10.6. The minimum Gasteiger partial charge on any atom is -0.300 e. The number of ketones is 2. The van der Waals surface area contributed by atoms with Gasteiger partial charge in [-0.15, -0.1) is 0 Å². The van der Waals surface area contributed by atoms with E-state index in [1.807, 2.05) is 20.8 Å². The van der Waals surface area contributed by atoms with Gasteiger partial charge < -0.3 is 4.79 Å². The lowest BCUT2D eigenvalue weighted by molar-refractivity contribution is -0.124. The Morgan fingerprint density at radius 1 is 1.23 bits per heavy atom. The molecule has 2 heteroatoms. The lowest BCUT2D eigenvalue weighted by Gasteiger charge is -2.28. The molecule has 0 heterocycles. The second kappa shape index (κ2) is 4.54. The molecule has 0 spiro atoms. The fourth-order valence-electron chi connectivity index (χ4n) is 1.59. The van der Waals surface area contributed by atoms with E-state index in [-0.39, 0.29) is 24.3 Å². The second-order valence-electron chi connectivity index (χ2n) is 4.77. The monoisotopic (exact) mass is 186 g/mol. The number of carbonyl (C=O) groups is 2. The van der Waals surface area contributed by atoms with Crippen LogP contribution in [0.25, 0.3) is 0 Å². The Balaban J connectivity index is 0. The molecule has 0 N–H and O–H groups in total. The predicted molar refractivity (Wildman–Crippen MR) is 55.7 cm³/mol. The Morgan fingerprint density at radius 2 is 1.69 bits per heavy atom. The van der Waals surface area contributed by atoms with Gasteiger partial charge in [-0.1, -0.05) is 20.8 Å². The van der Waals surface area contributed by atoms with E-state index in [1.165, 1.54) is 0 Å². The van der Waals surface area contributed by atoms with Crippen molar-refractivity contribution >= 4 is 11.6 Å². The van der Waals surface area contributed by atoms with Crippen LogP contribution < -0.4 is 0 Å². The van der Waals surface area contributed by atoms with Gasteiger partial charge in [0.2, 0.25) is 0 Å². The molecule has 0 saturated heterocycles. The number of rotatable bonds is 4. The van der Waals surface area contributed by atoms with Crippen LogP contribution in [0.3, 0.4) is 0 Å². The normalized spacial score (nSPS) is 13.9. The molecule has 13 heavy (non-hydrogen) atoms. The van der Waals surface area contributed by atoms with Crippen molar-refractivity contribution in [1.82, 2.24) is 0 Å². The molecule has 1 atom stereocenters. The molecule has 0 aromatic heterocycles.